The number of Topliss-reactive ketones (excluding diaryl/α,β-unsaturated/α-hetero) is 1. The second-order valence-corrected chi connectivity index (χ2v) is 10.2. The van der Waals surface area contributed by atoms with Crippen molar-refractivity contribution in [3.63, 3.8) is 0 Å². The minimum absolute atomic E-state index is 0.00216. The highest BCUT2D eigenvalue weighted by Gasteiger charge is 2.67. The number of epoxide rings is 1. The normalized spacial score (nSPS) is 35.1. The van der Waals surface area contributed by atoms with Crippen LogP contribution in [0.2, 0.25) is 0 Å². The van der Waals surface area contributed by atoms with Crippen LogP contribution in [0.25, 0.3) is 11.1 Å². The summed E-state index contributed by atoms with van der Waals surface area (Å²) in [5.41, 5.74) is 1.22. The highest BCUT2D eigenvalue weighted by Crippen LogP contribution is 2.67. The SMILES string of the molecule is CC(O)CSC1CC(=O)c2c(O)ccc3c2[C@]1(O)C1c2c-3ccc(O)c2C(O)C2OC21. The molecule has 6 unspecified atom stereocenters. The molecule has 162 valence electrons. The first-order valence-corrected chi connectivity index (χ1v) is 11.4. The van der Waals surface area contributed by atoms with Gasteiger partial charge >= 0.3 is 0 Å². The second-order valence-electron chi connectivity index (χ2n) is 8.95. The molecular weight excluding hydrogens is 420 g/mol. The van der Waals surface area contributed by atoms with Crippen LogP contribution in [0.3, 0.4) is 0 Å². The standard InChI is InChI=1S/C23H22O7S/c1-8(24)7-31-14-6-13(27)16-11(25)5-3-10-9-2-4-12(26)17-15(9)19(23(14,29)18(10)16)21-22(30-21)20(17)28/h2-5,8,14,19-22,24-26,28-29H,6-7H2,1H3/t8?,14?,19?,20?,21?,22?,23-/m0/s1. The fourth-order valence-electron chi connectivity index (χ4n) is 5.86. The Kier molecular flexibility index (Phi) is 3.94. The molecule has 4 aliphatic rings. The van der Waals surface area contributed by atoms with Gasteiger partial charge < -0.3 is 30.3 Å². The zero-order valence-corrected chi connectivity index (χ0v) is 17.5. The van der Waals surface area contributed by atoms with Crippen LogP contribution in [0.1, 0.15) is 52.4 Å². The number of thioether (sulfide) groups is 1. The molecule has 3 aliphatic carbocycles. The van der Waals surface area contributed by atoms with E-state index in [0.29, 0.717) is 33.6 Å². The van der Waals surface area contributed by atoms with Crippen LogP contribution in [-0.4, -0.2) is 60.6 Å². The molecule has 5 N–H and O–H groups in total. The first-order valence-electron chi connectivity index (χ1n) is 10.4. The number of hydrogen-bond donors (Lipinski definition) is 5. The molecule has 0 radical (unpaired) electrons. The minimum Gasteiger partial charge on any atom is -0.508 e. The molecule has 1 fully saturated rings. The van der Waals surface area contributed by atoms with Gasteiger partial charge in [-0.2, -0.15) is 11.8 Å². The maximum Gasteiger partial charge on any atom is 0.168 e. The summed E-state index contributed by atoms with van der Waals surface area (Å²) in [6.07, 6.45) is -2.66. The van der Waals surface area contributed by atoms with Crippen molar-refractivity contribution in [2.45, 2.75) is 54.5 Å². The molecule has 0 aromatic heterocycles. The van der Waals surface area contributed by atoms with Crippen LogP contribution < -0.4 is 0 Å². The smallest absolute Gasteiger partial charge is 0.168 e. The summed E-state index contributed by atoms with van der Waals surface area (Å²) in [7, 11) is 0. The molecule has 8 heteroatoms. The third kappa shape index (κ3) is 2.37. The molecule has 1 aliphatic heterocycles. The number of ether oxygens (including phenoxy) is 1. The zero-order valence-electron chi connectivity index (χ0n) is 16.6. The van der Waals surface area contributed by atoms with Crippen LogP contribution in [0.4, 0.5) is 0 Å². The van der Waals surface area contributed by atoms with Crippen LogP contribution in [0.15, 0.2) is 24.3 Å². The number of phenolic OH excluding ortho intramolecular Hbond substituents is 2. The molecule has 7 nitrogen and oxygen atoms in total. The summed E-state index contributed by atoms with van der Waals surface area (Å²) in [5.74, 6) is -0.781. The zero-order chi connectivity index (χ0) is 21.8. The number of phenols is 2. The van der Waals surface area contributed by atoms with E-state index in [4.69, 9.17) is 4.74 Å². The number of ketones is 1. The van der Waals surface area contributed by atoms with E-state index in [1.54, 1.807) is 19.1 Å². The van der Waals surface area contributed by atoms with Crippen molar-refractivity contribution in [3.8, 4) is 22.6 Å². The second kappa shape index (κ2) is 6.24. The van der Waals surface area contributed by atoms with Gasteiger partial charge in [-0.1, -0.05) is 12.1 Å². The van der Waals surface area contributed by atoms with E-state index in [1.165, 1.54) is 23.9 Å². The van der Waals surface area contributed by atoms with E-state index in [-0.39, 0.29) is 29.3 Å². The summed E-state index contributed by atoms with van der Waals surface area (Å²) in [6, 6.07) is 6.35. The van der Waals surface area contributed by atoms with Gasteiger partial charge in [-0.05, 0) is 35.7 Å². The molecule has 31 heavy (non-hydrogen) atoms. The van der Waals surface area contributed by atoms with Gasteiger partial charge in [0.25, 0.3) is 0 Å². The highest BCUT2D eigenvalue weighted by molar-refractivity contribution is 8.00. The lowest BCUT2D eigenvalue weighted by molar-refractivity contribution is -0.0136. The van der Waals surface area contributed by atoms with E-state index in [0.717, 1.165) is 0 Å². The Hall–Kier alpha value is -2.10. The topological polar surface area (TPSA) is 131 Å². The Labute approximate surface area is 182 Å². The number of aromatic hydroxyl groups is 2. The van der Waals surface area contributed by atoms with E-state index >= 15 is 0 Å². The van der Waals surface area contributed by atoms with Crippen molar-refractivity contribution in [2.24, 2.45) is 0 Å². The van der Waals surface area contributed by atoms with Crippen LogP contribution in [0.5, 0.6) is 11.5 Å². The monoisotopic (exact) mass is 442 g/mol. The molecule has 7 atom stereocenters. The van der Waals surface area contributed by atoms with Crippen molar-refractivity contribution in [1.29, 1.82) is 0 Å². The largest absolute Gasteiger partial charge is 0.508 e. The summed E-state index contributed by atoms with van der Waals surface area (Å²) in [6.45, 7) is 1.65. The maximum atomic E-state index is 13.1. The summed E-state index contributed by atoms with van der Waals surface area (Å²) in [4.78, 5) is 13.1. The first-order chi connectivity index (χ1) is 14.7. The van der Waals surface area contributed by atoms with Gasteiger partial charge in [-0.15, -0.1) is 0 Å². The number of aliphatic hydroxyl groups excluding tert-OH is 2. The molecule has 2 aromatic carbocycles. The molecule has 0 spiro atoms. The van der Waals surface area contributed by atoms with Crippen molar-refractivity contribution in [1.82, 2.24) is 0 Å². The Morgan fingerprint density at radius 1 is 1.13 bits per heavy atom. The number of aliphatic hydroxyl groups is 3. The van der Waals surface area contributed by atoms with Crippen molar-refractivity contribution in [3.05, 3.63) is 46.5 Å². The molecule has 0 amide bonds. The molecule has 1 saturated heterocycles. The number of hydrogen-bond acceptors (Lipinski definition) is 8. The Morgan fingerprint density at radius 2 is 1.84 bits per heavy atom. The minimum atomic E-state index is -1.58. The summed E-state index contributed by atoms with van der Waals surface area (Å²) >= 11 is 1.32. The predicted molar refractivity (Wildman–Crippen MR) is 112 cm³/mol. The Bertz CT molecular complexity index is 1150. The van der Waals surface area contributed by atoms with Crippen LogP contribution >= 0.6 is 11.8 Å². The Morgan fingerprint density at radius 3 is 2.58 bits per heavy atom. The first kappa shape index (κ1) is 19.6. The lowest BCUT2D eigenvalue weighted by atomic mass is 9.58. The third-order valence-electron chi connectivity index (χ3n) is 7.10. The molecular formula is C23H22O7S. The predicted octanol–water partition coefficient (Wildman–Crippen LogP) is 1.93. The maximum absolute atomic E-state index is 13.1. The molecule has 0 saturated carbocycles. The van der Waals surface area contributed by atoms with Crippen molar-refractivity contribution in [2.75, 3.05) is 5.75 Å². The van der Waals surface area contributed by atoms with Crippen molar-refractivity contribution < 1.29 is 35.1 Å². The average Bonchev–Trinajstić information content (AvgIpc) is 3.50. The number of benzene rings is 2. The number of carbonyl (C=O) groups is 1. The number of fused-ring (bicyclic) bond motifs is 4. The quantitative estimate of drug-likeness (QED) is 0.456. The number of rotatable bonds is 3. The van der Waals surface area contributed by atoms with E-state index < -0.39 is 41.2 Å². The van der Waals surface area contributed by atoms with Crippen molar-refractivity contribution >= 4 is 17.5 Å². The van der Waals surface area contributed by atoms with Gasteiger partial charge in [0, 0.05) is 34.5 Å². The van der Waals surface area contributed by atoms with E-state index in [9.17, 15) is 30.3 Å². The van der Waals surface area contributed by atoms with Gasteiger partial charge in [0.05, 0.1) is 17.8 Å². The van der Waals surface area contributed by atoms with Gasteiger partial charge in [0.2, 0.25) is 0 Å². The fourth-order valence-corrected chi connectivity index (χ4v) is 7.16. The number of carbonyl (C=O) groups excluding carboxylic acids is 1. The Balaban J connectivity index is 1.69. The lowest BCUT2D eigenvalue weighted by Gasteiger charge is -2.51. The molecule has 1 heterocycles. The molecule has 0 bridgehead atoms. The van der Waals surface area contributed by atoms with Crippen LogP contribution in [0, 0.1) is 0 Å². The van der Waals surface area contributed by atoms with Gasteiger partial charge in [-0.25, -0.2) is 0 Å². The molecule has 2 aromatic rings. The van der Waals surface area contributed by atoms with Crippen LogP contribution in [-0.2, 0) is 10.3 Å². The van der Waals surface area contributed by atoms with Gasteiger partial charge in [0.15, 0.2) is 5.78 Å². The highest BCUT2D eigenvalue weighted by atomic mass is 32.2. The van der Waals surface area contributed by atoms with E-state index in [1.807, 2.05) is 0 Å². The summed E-state index contributed by atoms with van der Waals surface area (Å²) < 4.78 is 5.80. The molecule has 6 rings (SSSR count). The van der Waals surface area contributed by atoms with Gasteiger partial charge in [-0.3, -0.25) is 4.79 Å². The fraction of sp³-hybridized carbons (Fsp3) is 0.435. The summed E-state index contributed by atoms with van der Waals surface area (Å²) in [5, 5.41) is 53.6. The average molecular weight is 442 g/mol. The van der Waals surface area contributed by atoms with E-state index in [2.05, 4.69) is 0 Å². The van der Waals surface area contributed by atoms with Gasteiger partial charge in [0.1, 0.15) is 29.3 Å². The lowest BCUT2D eigenvalue weighted by Crippen LogP contribution is -2.53. The third-order valence-corrected chi connectivity index (χ3v) is 8.70.